The largest absolute Gasteiger partial charge is 0.453 e. The van der Waals surface area contributed by atoms with Crippen molar-refractivity contribution in [2.24, 2.45) is 5.92 Å². The molecular weight excluding hydrogens is 316 g/mol. The maximum atomic E-state index is 12.7. The van der Waals surface area contributed by atoms with E-state index in [1.165, 1.54) is 7.11 Å². The fourth-order valence-corrected chi connectivity index (χ4v) is 2.07. The van der Waals surface area contributed by atoms with E-state index in [0.717, 1.165) is 6.42 Å². The second kappa shape index (κ2) is 13.0. The number of carbonyl (C=O) groups excluding carboxylic acids is 2. The Balaban J connectivity index is 5.12. The van der Waals surface area contributed by atoms with Crippen LogP contribution >= 0.6 is 0 Å². The van der Waals surface area contributed by atoms with Crippen LogP contribution in [0, 0.1) is 5.92 Å². The predicted molar refractivity (Wildman–Crippen MR) is 89.5 cm³/mol. The minimum atomic E-state index is -1.06. The highest BCUT2D eigenvalue weighted by atomic mass is 16.7. The van der Waals surface area contributed by atoms with Crippen molar-refractivity contribution in [1.29, 1.82) is 0 Å². The van der Waals surface area contributed by atoms with Crippen molar-refractivity contribution in [3.63, 3.8) is 0 Å². The molecule has 0 saturated carbocycles. The van der Waals surface area contributed by atoms with Crippen LogP contribution in [0.15, 0.2) is 0 Å². The van der Waals surface area contributed by atoms with E-state index in [9.17, 15) is 14.7 Å². The van der Waals surface area contributed by atoms with Crippen molar-refractivity contribution in [2.75, 3.05) is 40.0 Å². The maximum absolute atomic E-state index is 12.7. The lowest BCUT2D eigenvalue weighted by molar-refractivity contribution is -0.161. The van der Waals surface area contributed by atoms with Crippen LogP contribution in [0.25, 0.3) is 0 Å². The summed E-state index contributed by atoms with van der Waals surface area (Å²) < 4.78 is 15.5. The Morgan fingerprint density at radius 2 is 1.71 bits per heavy atom. The van der Waals surface area contributed by atoms with Gasteiger partial charge in [-0.3, -0.25) is 4.79 Å². The monoisotopic (exact) mass is 348 g/mol. The minimum Gasteiger partial charge on any atom is -0.453 e. The van der Waals surface area contributed by atoms with Crippen LogP contribution in [-0.4, -0.2) is 74.4 Å². The molecule has 0 spiro atoms. The van der Waals surface area contributed by atoms with Gasteiger partial charge >= 0.3 is 6.09 Å². The normalized spacial score (nSPS) is 13.5. The van der Waals surface area contributed by atoms with Crippen LogP contribution in [0.5, 0.6) is 0 Å². The third-order valence-electron chi connectivity index (χ3n) is 3.57. The van der Waals surface area contributed by atoms with Crippen molar-refractivity contribution in [3.05, 3.63) is 0 Å². The van der Waals surface area contributed by atoms with Gasteiger partial charge in [-0.1, -0.05) is 20.3 Å². The minimum absolute atomic E-state index is 0.226. The fraction of sp³-hybridized carbons (Fsp3) is 0.875. The molecule has 0 fully saturated rings. The van der Waals surface area contributed by atoms with Crippen molar-refractivity contribution in [2.45, 2.75) is 46.4 Å². The number of amides is 2. The molecule has 0 heterocycles. The maximum Gasteiger partial charge on any atom is 0.407 e. The van der Waals surface area contributed by atoms with Gasteiger partial charge in [-0.15, -0.1) is 0 Å². The lowest BCUT2D eigenvalue weighted by Gasteiger charge is -2.31. The average Bonchev–Trinajstić information content (AvgIpc) is 2.58. The molecule has 0 bridgehead atoms. The summed E-state index contributed by atoms with van der Waals surface area (Å²) in [6, 6.07) is -1.06. The van der Waals surface area contributed by atoms with E-state index < -0.39 is 30.9 Å². The molecule has 0 aliphatic rings. The molecule has 0 rings (SSSR count). The van der Waals surface area contributed by atoms with E-state index in [4.69, 9.17) is 9.47 Å². The highest BCUT2D eigenvalue weighted by molar-refractivity contribution is 5.85. The Bertz CT molecular complexity index is 360. The van der Waals surface area contributed by atoms with Crippen LogP contribution < -0.4 is 5.32 Å². The van der Waals surface area contributed by atoms with Gasteiger partial charge in [0, 0.05) is 19.8 Å². The predicted octanol–water partition coefficient (Wildman–Crippen LogP) is 0.977. The third-order valence-corrected chi connectivity index (χ3v) is 3.57. The number of nitrogens with zero attached hydrogens (tertiary/aromatic N) is 1. The summed E-state index contributed by atoms with van der Waals surface area (Å²) in [4.78, 5) is 25.6. The Kier molecular flexibility index (Phi) is 12.2. The number of aliphatic hydroxyl groups excluding tert-OH is 1. The van der Waals surface area contributed by atoms with E-state index in [1.807, 2.05) is 27.7 Å². The number of methoxy groups -OCH3 is 1. The molecule has 0 aromatic heterocycles. The molecule has 8 nitrogen and oxygen atoms in total. The van der Waals surface area contributed by atoms with Crippen molar-refractivity contribution < 1.29 is 28.9 Å². The summed E-state index contributed by atoms with van der Waals surface area (Å²) in [5.74, 6) is -0.136. The van der Waals surface area contributed by atoms with Gasteiger partial charge in [0.2, 0.25) is 5.91 Å². The summed E-state index contributed by atoms with van der Waals surface area (Å²) in [5.41, 5.74) is 0. The Labute approximate surface area is 144 Å². The first-order valence-electron chi connectivity index (χ1n) is 8.40. The topological polar surface area (TPSA) is 97.3 Å². The molecule has 2 N–H and O–H groups in total. The molecule has 8 heteroatoms. The standard InChI is InChI=1S/C16H32N2O6/c1-6-12(4)9-18(10-14(23-7-2)24-8-3)15(20)13(11-19)17-16(21)22-5/h12-14,19H,6-11H2,1-5H3,(H,17,21). The first-order chi connectivity index (χ1) is 11.4. The van der Waals surface area contributed by atoms with Crippen LogP contribution in [0.3, 0.4) is 0 Å². The number of rotatable bonds is 12. The second-order valence-corrected chi connectivity index (χ2v) is 5.47. The van der Waals surface area contributed by atoms with E-state index in [-0.39, 0.29) is 12.5 Å². The van der Waals surface area contributed by atoms with Crippen molar-refractivity contribution >= 4 is 12.0 Å². The van der Waals surface area contributed by atoms with E-state index in [1.54, 1.807) is 4.90 Å². The molecule has 2 atom stereocenters. The second-order valence-electron chi connectivity index (χ2n) is 5.47. The van der Waals surface area contributed by atoms with Crippen LogP contribution in [0.2, 0.25) is 0 Å². The number of ether oxygens (including phenoxy) is 3. The van der Waals surface area contributed by atoms with Crippen LogP contribution in [0.1, 0.15) is 34.1 Å². The molecular formula is C16H32N2O6. The summed E-state index contributed by atoms with van der Waals surface area (Å²) in [5, 5.41) is 11.8. The highest BCUT2D eigenvalue weighted by Crippen LogP contribution is 2.09. The zero-order chi connectivity index (χ0) is 18.5. The van der Waals surface area contributed by atoms with E-state index in [2.05, 4.69) is 10.1 Å². The molecule has 0 radical (unpaired) electrons. The first-order valence-corrected chi connectivity index (χ1v) is 8.40. The summed E-state index contributed by atoms with van der Waals surface area (Å²) in [6.07, 6.45) is -0.422. The number of nitrogens with one attached hydrogen (secondary N) is 1. The van der Waals surface area contributed by atoms with Gasteiger partial charge in [-0.05, 0) is 19.8 Å². The van der Waals surface area contributed by atoms with Gasteiger partial charge in [0.15, 0.2) is 6.29 Å². The lowest BCUT2D eigenvalue weighted by atomic mass is 10.1. The quantitative estimate of drug-likeness (QED) is 0.510. The van der Waals surface area contributed by atoms with Gasteiger partial charge in [0.1, 0.15) is 6.04 Å². The number of hydrogen-bond acceptors (Lipinski definition) is 6. The van der Waals surface area contributed by atoms with Gasteiger partial charge in [-0.25, -0.2) is 4.79 Å². The van der Waals surface area contributed by atoms with Crippen LogP contribution in [-0.2, 0) is 19.0 Å². The molecule has 142 valence electrons. The summed E-state index contributed by atoms with van der Waals surface area (Å²) >= 11 is 0. The van der Waals surface area contributed by atoms with Gasteiger partial charge in [0.05, 0.1) is 20.3 Å². The Morgan fingerprint density at radius 3 is 2.12 bits per heavy atom. The zero-order valence-electron chi connectivity index (χ0n) is 15.4. The van der Waals surface area contributed by atoms with Gasteiger partial charge < -0.3 is 29.5 Å². The van der Waals surface area contributed by atoms with Gasteiger partial charge in [0.25, 0.3) is 0 Å². The number of alkyl carbamates (subject to hydrolysis) is 1. The van der Waals surface area contributed by atoms with E-state index >= 15 is 0 Å². The molecule has 24 heavy (non-hydrogen) atoms. The van der Waals surface area contributed by atoms with Crippen molar-refractivity contribution in [1.82, 2.24) is 10.2 Å². The summed E-state index contributed by atoms with van der Waals surface area (Å²) in [7, 11) is 1.20. The summed E-state index contributed by atoms with van der Waals surface area (Å²) in [6.45, 7) is 8.86. The number of aliphatic hydroxyl groups is 1. The molecule has 2 amide bonds. The molecule has 0 aliphatic carbocycles. The first kappa shape index (κ1) is 22.6. The third kappa shape index (κ3) is 8.47. The smallest absolute Gasteiger partial charge is 0.407 e. The number of carbonyl (C=O) groups is 2. The fourth-order valence-electron chi connectivity index (χ4n) is 2.07. The molecule has 2 unspecified atom stereocenters. The lowest BCUT2D eigenvalue weighted by Crippen LogP contribution is -2.53. The van der Waals surface area contributed by atoms with Gasteiger partial charge in [-0.2, -0.15) is 0 Å². The molecule has 0 saturated heterocycles. The Morgan fingerprint density at radius 1 is 1.12 bits per heavy atom. The molecule has 0 aromatic carbocycles. The highest BCUT2D eigenvalue weighted by Gasteiger charge is 2.28. The molecule has 0 aliphatic heterocycles. The SMILES string of the molecule is CCOC(CN(CC(C)CC)C(=O)C(CO)NC(=O)OC)OCC. The number of hydrogen-bond donors (Lipinski definition) is 2. The van der Waals surface area contributed by atoms with Crippen molar-refractivity contribution in [3.8, 4) is 0 Å². The Hall–Kier alpha value is -1.38. The average molecular weight is 348 g/mol. The molecule has 0 aromatic rings. The van der Waals surface area contributed by atoms with Crippen LogP contribution in [0.4, 0.5) is 4.79 Å². The zero-order valence-corrected chi connectivity index (χ0v) is 15.4. The van der Waals surface area contributed by atoms with E-state index in [0.29, 0.717) is 19.8 Å².